The third-order valence-corrected chi connectivity index (χ3v) is 3.36. The molecule has 0 aliphatic carbocycles. The second-order valence-electron chi connectivity index (χ2n) is 5.61. The Morgan fingerprint density at radius 2 is 1.95 bits per heavy atom. The van der Waals surface area contributed by atoms with Gasteiger partial charge in [0.05, 0.1) is 0 Å². The molecule has 0 radical (unpaired) electrons. The molecule has 2 nitrogen and oxygen atoms in total. The largest absolute Gasteiger partial charge is 0.504 e. The quantitative estimate of drug-likeness (QED) is 0.562. The zero-order chi connectivity index (χ0) is 15.2. The van der Waals surface area contributed by atoms with E-state index in [2.05, 4.69) is 39.5 Å². The van der Waals surface area contributed by atoms with Crippen LogP contribution in [0.25, 0.3) is 6.08 Å². The summed E-state index contributed by atoms with van der Waals surface area (Å²) in [4.78, 5) is 0. The number of hydrogen-bond donors (Lipinski definition) is 2. The van der Waals surface area contributed by atoms with Crippen molar-refractivity contribution in [2.75, 3.05) is 0 Å². The summed E-state index contributed by atoms with van der Waals surface area (Å²) in [7, 11) is 0. The smallest absolute Gasteiger partial charge is 0.157 e. The zero-order valence-electron chi connectivity index (χ0n) is 12.6. The molecule has 0 fully saturated rings. The molecule has 0 aliphatic rings. The van der Waals surface area contributed by atoms with E-state index in [0.29, 0.717) is 0 Å². The summed E-state index contributed by atoms with van der Waals surface area (Å²) < 4.78 is 0. The summed E-state index contributed by atoms with van der Waals surface area (Å²) in [5.74, 6) is -0.200. The highest BCUT2D eigenvalue weighted by molar-refractivity contribution is 5.55. The van der Waals surface area contributed by atoms with Crippen LogP contribution in [0.1, 0.15) is 39.2 Å². The third kappa shape index (κ3) is 4.96. The van der Waals surface area contributed by atoms with Gasteiger partial charge in [0.1, 0.15) is 0 Å². The van der Waals surface area contributed by atoms with Crippen molar-refractivity contribution in [2.45, 2.75) is 33.6 Å². The molecule has 0 aliphatic heterocycles. The summed E-state index contributed by atoms with van der Waals surface area (Å²) in [5, 5.41) is 18.8. The van der Waals surface area contributed by atoms with E-state index < -0.39 is 0 Å². The monoisotopic (exact) mass is 272 g/mol. The lowest BCUT2D eigenvalue weighted by Gasteiger charge is -2.20. The van der Waals surface area contributed by atoms with Gasteiger partial charge >= 0.3 is 0 Å². The zero-order valence-corrected chi connectivity index (χ0v) is 12.6. The first-order chi connectivity index (χ1) is 9.36. The molecule has 0 spiro atoms. The van der Waals surface area contributed by atoms with Gasteiger partial charge in [0.2, 0.25) is 0 Å². The van der Waals surface area contributed by atoms with Crippen molar-refractivity contribution >= 4 is 6.08 Å². The maximum absolute atomic E-state index is 9.48. The van der Waals surface area contributed by atoms with Crippen LogP contribution in [0, 0.1) is 5.41 Å². The van der Waals surface area contributed by atoms with Crippen LogP contribution in [0.5, 0.6) is 11.5 Å². The molecule has 2 heteroatoms. The Morgan fingerprint density at radius 1 is 1.25 bits per heavy atom. The Kier molecular flexibility index (Phi) is 5.63. The van der Waals surface area contributed by atoms with Crippen LogP contribution in [-0.4, -0.2) is 10.2 Å². The molecule has 2 N–H and O–H groups in total. The van der Waals surface area contributed by atoms with Crippen LogP contribution in [0.15, 0.2) is 48.6 Å². The molecule has 0 aromatic heterocycles. The van der Waals surface area contributed by atoms with E-state index in [4.69, 9.17) is 0 Å². The first-order valence-electron chi connectivity index (χ1n) is 6.84. The van der Waals surface area contributed by atoms with E-state index in [-0.39, 0.29) is 16.9 Å². The lowest BCUT2D eigenvalue weighted by molar-refractivity contribution is 0.403. The van der Waals surface area contributed by atoms with Crippen molar-refractivity contribution in [2.24, 2.45) is 5.41 Å². The van der Waals surface area contributed by atoms with E-state index in [1.165, 1.54) is 11.6 Å². The van der Waals surface area contributed by atoms with Gasteiger partial charge in [-0.1, -0.05) is 42.9 Å². The molecule has 1 aromatic rings. The normalized spacial score (nSPS) is 13.9. The van der Waals surface area contributed by atoms with Gasteiger partial charge in [0, 0.05) is 5.41 Å². The van der Waals surface area contributed by atoms with E-state index >= 15 is 0 Å². The summed E-state index contributed by atoms with van der Waals surface area (Å²) in [5.41, 5.74) is 2.10. The van der Waals surface area contributed by atoms with Crippen molar-refractivity contribution in [1.82, 2.24) is 0 Å². The van der Waals surface area contributed by atoms with E-state index in [1.807, 2.05) is 12.2 Å². The molecule has 0 heterocycles. The maximum atomic E-state index is 9.48. The Balaban J connectivity index is 2.80. The van der Waals surface area contributed by atoms with Gasteiger partial charge in [-0.3, -0.25) is 0 Å². The Hall–Kier alpha value is -1.96. The van der Waals surface area contributed by atoms with E-state index in [9.17, 15) is 10.2 Å². The summed E-state index contributed by atoms with van der Waals surface area (Å²) >= 11 is 0. The van der Waals surface area contributed by atoms with Gasteiger partial charge in [-0.15, -0.1) is 6.58 Å². The Labute approximate surface area is 121 Å². The molecule has 0 saturated carbocycles. The van der Waals surface area contributed by atoms with Crippen molar-refractivity contribution < 1.29 is 10.2 Å². The van der Waals surface area contributed by atoms with Crippen molar-refractivity contribution in [1.29, 1.82) is 0 Å². The Bertz CT molecular complexity index is 522. The van der Waals surface area contributed by atoms with Crippen molar-refractivity contribution in [3.63, 3.8) is 0 Å². The van der Waals surface area contributed by atoms with Crippen LogP contribution in [0.4, 0.5) is 0 Å². The minimum absolute atomic E-state index is 0.0839. The molecule has 0 bridgehead atoms. The predicted octanol–water partition coefficient (Wildman–Crippen LogP) is 5.05. The average Bonchev–Trinajstić information content (AvgIpc) is 2.40. The highest BCUT2D eigenvalue weighted by Crippen LogP contribution is 2.30. The molecule has 1 atom stereocenters. The molecule has 1 aromatic carbocycles. The van der Waals surface area contributed by atoms with Gasteiger partial charge in [0.25, 0.3) is 0 Å². The molecular formula is C18H24O2. The summed E-state index contributed by atoms with van der Waals surface area (Å²) in [6.45, 7) is 10.2. The average molecular weight is 272 g/mol. The molecule has 20 heavy (non-hydrogen) atoms. The molecule has 108 valence electrons. The Morgan fingerprint density at radius 3 is 2.50 bits per heavy atom. The SMILES string of the molecule is C=C[C@@](C)(C=Cc1ccc(O)c(O)c1)CCC=C(C)C. The highest BCUT2D eigenvalue weighted by atomic mass is 16.3. The van der Waals surface area contributed by atoms with Crippen LogP contribution in [0.3, 0.4) is 0 Å². The fourth-order valence-corrected chi connectivity index (χ4v) is 1.86. The molecular weight excluding hydrogens is 248 g/mol. The molecule has 1 rings (SSSR count). The molecule has 0 saturated heterocycles. The van der Waals surface area contributed by atoms with Crippen LogP contribution in [0.2, 0.25) is 0 Å². The summed E-state index contributed by atoms with van der Waals surface area (Å²) in [6.07, 6.45) is 10.2. The van der Waals surface area contributed by atoms with Crippen LogP contribution >= 0.6 is 0 Å². The minimum atomic E-state index is -0.100. The van der Waals surface area contributed by atoms with Gasteiger partial charge in [-0.25, -0.2) is 0 Å². The van der Waals surface area contributed by atoms with Gasteiger partial charge in [0.15, 0.2) is 11.5 Å². The fraction of sp³-hybridized carbons (Fsp3) is 0.333. The lowest BCUT2D eigenvalue weighted by Crippen LogP contribution is -2.08. The number of allylic oxidation sites excluding steroid dienone is 4. The van der Waals surface area contributed by atoms with Gasteiger partial charge < -0.3 is 10.2 Å². The number of rotatable bonds is 6. The minimum Gasteiger partial charge on any atom is -0.504 e. The van der Waals surface area contributed by atoms with Crippen LogP contribution < -0.4 is 0 Å². The third-order valence-electron chi connectivity index (χ3n) is 3.36. The maximum Gasteiger partial charge on any atom is 0.157 e. The van der Waals surface area contributed by atoms with E-state index in [1.54, 1.807) is 12.1 Å². The van der Waals surface area contributed by atoms with Crippen molar-refractivity contribution in [3.8, 4) is 11.5 Å². The van der Waals surface area contributed by atoms with Gasteiger partial charge in [-0.05, 0) is 44.4 Å². The first kappa shape index (κ1) is 16.1. The van der Waals surface area contributed by atoms with Crippen LogP contribution in [-0.2, 0) is 0 Å². The fourth-order valence-electron chi connectivity index (χ4n) is 1.86. The second kappa shape index (κ2) is 6.99. The van der Waals surface area contributed by atoms with Crippen molar-refractivity contribution in [3.05, 3.63) is 54.1 Å². The topological polar surface area (TPSA) is 40.5 Å². The highest BCUT2D eigenvalue weighted by Gasteiger charge is 2.15. The number of aromatic hydroxyl groups is 2. The lowest BCUT2D eigenvalue weighted by atomic mass is 9.84. The van der Waals surface area contributed by atoms with E-state index in [0.717, 1.165) is 18.4 Å². The number of hydrogen-bond acceptors (Lipinski definition) is 2. The standard InChI is InChI=1S/C18H24O2/c1-5-18(4,11-6-7-14(2)3)12-10-15-8-9-16(19)17(20)13-15/h5,7-10,12-13,19-20H,1,6,11H2,2-4H3/t18-/m1/s1. The van der Waals surface area contributed by atoms with Gasteiger partial charge in [-0.2, -0.15) is 0 Å². The summed E-state index contributed by atoms with van der Waals surface area (Å²) in [6, 6.07) is 4.81. The number of phenols is 2. The number of benzene rings is 1. The predicted molar refractivity (Wildman–Crippen MR) is 85.8 cm³/mol. The number of phenolic OH excluding ortho intramolecular Hbond substituents is 2. The molecule has 0 amide bonds. The first-order valence-corrected chi connectivity index (χ1v) is 6.84. The second-order valence-corrected chi connectivity index (χ2v) is 5.61. The molecule has 0 unspecified atom stereocenters.